The first-order valence-corrected chi connectivity index (χ1v) is 9.40. The summed E-state index contributed by atoms with van der Waals surface area (Å²) in [6.07, 6.45) is 0. The van der Waals surface area contributed by atoms with Crippen LogP contribution in [0.3, 0.4) is 0 Å². The molecule has 1 unspecified atom stereocenters. The molecular weight excluding hydrogens is 354 g/mol. The first-order valence-electron chi connectivity index (χ1n) is 9.40. The van der Waals surface area contributed by atoms with E-state index in [2.05, 4.69) is 10.6 Å². The number of anilines is 1. The number of likely N-dealkylation sites (N-methyl/N-ethyl adjacent to an activating group) is 1. The Hall–Kier alpha value is -2.86. The van der Waals surface area contributed by atoms with E-state index >= 15 is 0 Å². The Balaban J connectivity index is 1.86. The largest absolute Gasteiger partial charge is 0.497 e. The lowest BCUT2D eigenvalue weighted by Crippen LogP contribution is -3.12. The monoisotopic (exact) mass is 384 g/mol. The molecule has 0 aliphatic heterocycles. The molecule has 2 aromatic rings. The van der Waals surface area contributed by atoms with Crippen LogP contribution in [-0.2, 0) is 16.1 Å². The second-order valence-corrected chi connectivity index (χ2v) is 7.13. The smallest absolute Gasteiger partial charge is 0.278 e. The minimum absolute atomic E-state index is 0.0522. The lowest BCUT2D eigenvalue weighted by molar-refractivity contribution is -0.908. The van der Waals surface area contributed by atoms with Crippen LogP contribution >= 0.6 is 0 Å². The van der Waals surface area contributed by atoms with Gasteiger partial charge in [0, 0.05) is 11.3 Å². The zero-order valence-corrected chi connectivity index (χ0v) is 17.3. The maximum Gasteiger partial charge on any atom is 0.278 e. The number of hydrogen-bond acceptors (Lipinski definition) is 3. The van der Waals surface area contributed by atoms with Gasteiger partial charge in [0.15, 0.2) is 6.04 Å². The molecule has 2 rings (SSSR count). The number of aryl methyl sites for hydroxylation is 2. The molecule has 6 nitrogen and oxygen atoms in total. The van der Waals surface area contributed by atoms with Crippen LogP contribution in [0.15, 0.2) is 42.5 Å². The average molecular weight is 385 g/mol. The molecule has 0 aliphatic rings. The summed E-state index contributed by atoms with van der Waals surface area (Å²) < 4.78 is 5.24. The van der Waals surface area contributed by atoms with Gasteiger partial charge in [-0.05, 0) is 44.0 Å². The quantitative estimate of drug-likeness (QED) is 0.645. The number of benzene rings is 2. The van der Waals surface area contributed by atoms with E-state index in [1.54, 1.807) is 7.11 Å². The molecule has 0 aliphatic carbocycles. The fraction of sp³-hybridized carbons (Fsp3) is 0.364. The van der Waals surface area contributed by atoms with Crippen molar-refractivity contribution in [2.75, 3.05) is 26.0 Å². The Morgan fingerprint density at radius 2 is 1.75 bits per heavy atom. The van der Waals surface area contributed by atoms with Gasteiger partial charge in [0.2, 0.25) is 5.91 Å². The van der Waals surface area contributed by atoms with Gasteiger partial charge in [-0.3, -0.25) is 9.59 Å². The van der Waals surface area contributed by atoms with Crippen LogP contribution < -0.4 is 20.3 Å². The highest BCUT2D eigenvalue weighted by Crippen LogP contribution is 2.19. The summed E-state index contributed by atoms with van der Waals surface area (Å²) in [5, 5.41) is 5.61. The molecule has 0 saturated carbocycles. The highest BCUT2D eigenvalue weighted by Gasteiger charge is 2.22. The summed E-state index contributed by atoms with van der Waals surface area (Å²) in [5.41, 5.74) is 3.88. The predicted octanol–water partition coefficient (Wildman–Crippen LogP) is 1.47. The molecule has 0 bridgehead atoms. The zero-order valence-electron chi connectivity index (χ0n) is 17.3. The molecule has 0 aromatic heterocycles. The van der Waals surface area contributed by atoms with Crippen molar-refractivity contribution < 1.29 is 19.2 Å². The van der Waals surface area contributed by atoms with Gasteiger partial charge in [-0.2, -0.15) is 0 Å². The summed E-state index contributed by atoms with van der Waals surface area (Å²) >= 11 is 0. The molecule has 6 heteroatoms. The number of ether oxygens (including phenoxy) is 1. The molecule has 2 aromatic carbocycles. The lowest BCUT2D eigenvalue weighted by atomic mass is 10.1. The summed E-state index contributed by atoms with van der Waals surface area (Å²) in [6.45, 7) is 6.37. The van der Waals surface area contributed by atoms with Gasteiger partial charge in [-0.25, -0.2) is 0 Å². The molecule has 2 atom stereocenters. The van der Waals surface area contributed by atoms with Crippen molar-refractivity contribution in [3.63, 3.8) is 0 Å². The van der Waals surface area contributed by atoms with Crippen molar-refractivity contribution in [2.45, 2.75) is 33.4 Å². The fourth-order valence-corrected chi connectivity index (χ4v) is 3.00. The van der Waals surface area contributed by atoms with Crippen molar-refractivity contribution in [1.82, 2.24) is 5.32 Å². The molecule has 0 spiro atoms. The minimum Gasteiger partial charge on any atom is -0.497 e. The van der Waals surface area contributed by atoms with E-state index in [1.807, 2.05) is 70.3 Å². The molecule has 150 valence electrons. The maximum atomic E-state index is 12.5. The van der Waals surface area contributed by atoms with Gasteiger partial charge in [0.05, 0.1) is 20.7 Å². The number of para-hydroxylation sites is 1. The first-order chi connectivity index (χ1) is 13.3. The molecule has 2 amide bonds. The van der Waals surface area contributed by atoms with Gasteiger partial charge < -0.3 is 20.3 Å². The van der Waals surface area contributed by atoms with Gasteiger partial charge in [-0.15, -0.1) is 0 Å². The Labute approximate surface area is 166 Å². The summed E-state index contributed by atoms with van der Waals surface area (Å²) in [4.78, 5) is 25.7. The number of rotatable bonds is 8. The maximum absolute atomic E-state index is 12.5. The van der Waals surface area contributed by atoms with Crippen LogP contribution in [0, 0.1) is 13.8 Å². The van der Waals surface area contributed by atoms with Gasteiger partial charge in [-0.1, -0.05) is 30.3 Å². The Morgan fingerprint density at radius 3 is 2.39 bits per heavy atom. The van der Waals surface area contributed by atoms with E-state index in [0.717, 1.165) is 33.0 Å². The Morgan fingerprint density at radius 1 is 1.11 bits per heavy atom. The van der Waals surface area contributed by atoms with E-state index in [4.69, 9.17) is 4.74 Å². The van der Waals surface area contributed by atoms with E-state index < -0.39 is 0 Å². The summed E-state index contributed by atoms with van der Waals surface area (Å²) in [6, 6.07) is 13.3. The van der Waals surface area contributed by atoms with E-state index in [1.165, 1.54) is 0 Å². The topological polar surface area (TPSA) is 71.9 Å². The van der Waals surface area contributed by atoms with E-state index in [9.17, 15) is 9.59 Å². The number of methoxy groups -OCH3 is 1. The van der Waals surface area contributed by atoms with Crippen LogP contribution in [0.5, 0.6) is 5.75 Å². The summed E-state index contributed by atoms with van der Waals surface area (Å²) in [7, 11) is 3.59. The van der Waals surface area contributed by atoms with Gasteiger partial charge >= 0.3 is 0 Å². The van der Waals surface area contributed by atoms with E-state index in [-0.39, 0.29) is 24.4 Å². The molecule has 0 heterocycles. The van der Waals surface area contributed by atoms with Crippen molar-refractivity contribution in [1.29, 1.82) is 0 Å². The second kappa shape index (κ2) is 9.90. The molecule has 28 heavy (non-hydrogen) atoms. The number of carbonyl (C=O) groups excluding carboxylic acids is 2. The van der Waals surface area contributed by atoms with Crippen LogP contribution in [-0.4, -0.2) is 38.6 Å². The second-order valence-electron chi connectivity index (χ2n) is 7.13. The Kier molecular flexibility index (Phi) is 7.58. The molecule has 3 N–H and O–H groups in total. The van der Waals surface area contributed by atoms with Crippen LogP contribution in [0.1, 0.15) is 23.6 Å². The Bertz CT molecular complexity index is 815. The van der Waals surface area contributed by atoms with Crippen molar-refractivity contribution in [3.05, 3.63) is 59.2 Å². The average Bonchev–Trinajstić information content (AvgIpc) is 2.68. The third-order valence-corrected chi connectivity index (χ3v) is 4.92. The summed E-state index contributed by atoms with van der Waals surface area (Å²) in [5.74, 6) is 0.408. The number of hydrogen-bond donors (Lipinski definition) is 3. The highest BCUT2D eigenvalue weighted by molar-refractivity contribution is 5.96. The van der Waals surface area contributed by atoms with Crippen LogP contribution in [0.25, 0.3) is 0 Å². The van der Waals surface area contributed by atoms with Crippen molar-refractivity contribution >= 4 is 17.5 Å². The van der Waals surface area contributed by atoms with Crippen LogP contribution in [0.4, 0.5) is 5.69 Å². The molecule has 0 radical (unpaired) electrons. The number of amides is 2. The lowest BCUT2D eigenvalue weighted by Gasteiger charge is -2.21. The highest BCUT2D eigenvalue weighted by atomic mass is 16.5. The minimum atomic E-state index is -0.292. The molecule has 0 fully saturated rings. The SMILES string of the molecule is COc1cccc(C[NH+](C)[C@@H](C)C(=O)NCC(=O)Nc2c(C)cccc2C)c1. The number of quaternary nitrogens is 1. The molecule has 0 saturated heterocycles. The van der Waals surface area contributed by atoms with Gasteiger partial charge in [0.25, 0.3) is 5.91 Å². The standard InChI is InChI=1S/C22H29N3O3/c1-15-8-6-9-16(2)21(15)24-20(26)13-23-22(27)17(3)25(4)14-18-10-7-11-19(12-18)28-5/h6-12,17H,13-14H2,1-5H3,(H,23,27)(H,24,26)/p+1/t17-/m0/s1. The van der Waals surface area contributed by atoms with Crippen molar-refractivity contribution in [3.8, 4) is 5.75 Å². The van der Waals surface area contributed by atoms with Crippen LogP contribution in [0.2, 0.25) is 0 Å². The van der Waals surface area contributed by atoms with E-state index in [0.29, 0.717) is 6.54 Å². The fourth-order valence-electron chi connectivity index (χ4n) is 3.00. The first kappa shape index (κ1) is 21.4. The third kappa shape index (κ3) is 5.82. The van der Waals surface area contributed by atoms with Crippen molar-refractivity contribution in [2.24, 2.45) is 0 Å². The normalized spacial score (nSPS) is 12.8. The number of carbonyl (C=O) groups is 2. The van der Waals surface area contributed by atoms with Gasteiger partial charge in [0.1, 0.15) is 12.3 Å². The number of nitrogens with one attached hydrogen (secondary N) is 3. The predicted molar refractivity (Wildman–Crippen MR) is 111 cm³/mol. The molecular formula is C22H30N3O3+. The third-order valence-electron chi connectivity index (χ3n) is 4.92. The zero-order chi connectivity index (χ0) is 20.7.